The van der Waals surface area contributed by atoms with E-state index in [0.717, 1.165) is 37.2 Å². The molecular weight excluding hydrogens is 380 g/mol. The maximum absolute atomic E-state index is 11.0. The number of carbonyl (C=O) groups excluding carboxylic acids is 1. The van der Waals surface area contributed by atoms with Crippen molar-refractivity contribution < 1.29 is 19.0 Å². The molecule has 6 nitrogen and oxygen atoms in total. The third kappa shape index (κ3) is 4.69. The Bertz CT molecular complexity index is 826. The SMILES string of the molecule is COc1ccc(C2CCCN2Cc2cc(Cl)c(OCC(N)=O)c(OC)c2)cc1. The number of carbonyl (C=O) groups is 1. The summed E-state index contributed by atoms with van der Waals surface area (Å²) in [6.07, 6.45) is 2.25. The molecule has 7 heteroatoms. The second kappa shape index (κ2) is 9.17. The topological polar surface area (TPSA) is 74.0 Å². The van der Waals surface area contributed by atoms with Crippen LogP contribution in [0, 0.1) is 0 Å². The van der Waals surface area contributed by atoms with Gasteiger partial charge in [0.2, 0.25) is 0 Å². The number of hydrogen-bond donors (Lipinski definition) is 1. The molecule has 1 atom stereocenters. The summed E-state index contributed by atoms with van der Waals surface area (Å²) in [6.45, 7) is 1.50. The van der Waals surface area contributed by atoms with E-state index in [9.17, 15) is 4.79 Å². The molecule has 1 saturated heterocycles. The molecule has 0 aliphatic carbocycles. The molecule has 0 radical (unpaired) electrons. The van der Waals surface area contributed by atoms with Gasteiger partial charge in [-0.2, -0.15) is 0 Å². The number of nitrogens with two attached hydrogens (primary N) is 1. The van der Waals surface area contributed by atoms with E-state index in [1.807, 2.05) is 24.3 Å². The first-order chi connectivity index (χ1) is 13.5. The molecule has 1 aliphatic heterocycles. The van der Waals surface area contributed by atoms with Crippen molar-refractivity contribution >= 4 is 17.5 Å². The largest absolute Gasteiger partial charge is 0.497 e. The molecule has 0 saturated carbocycles. The quantitative estimate of drug-likeness (QED) is 0.728. The Morgan fingerprint density at radius 3 is 2.61 bits per heavy atom. The summed E-state index contributed by atoms with van der Waals surface area (Å²) in [5.74, 6) is 1.11. The summed E-state index contributed by atoms with van der Waals surface area (Å²) in [5.41, 5.74) is 7.44. The Kier molecular flexibility index (Phi) is 6.65. The van der Waals surface area contributed by atoms with Gasteiger partial charge in [0.05, 0.1) is 19.2 Å². The Balaban J connectivity index is 1.77. The van der Waals surface area contributed by atoms with Crippen molar-refractivity contribution in [3.8, 4) is 17.2 Å². The van der Waals surface area contributed by atoms with E-state index in [0.29, 0.717) is 22.6 Å². The molecule has 1 heterocycles. The maximum Gasteiger partial charge on any atom is 0.255 e. The van der Waals surface area contributed by atoms with Gasteiger partial charge in [-0.3, -0.25) is 9.69 Å². The van der Waals surface area contributed by atoms with Gasteiger partial charge in [-0.15, -0.1) is 0 Å². The van der Waals surface area contributed by atoms with Crippen molar-refractivity contribution in [1.29, 1.82) is 0 Å². The molecule has 150 valence electrons. The molecule has 0 spiro atoms. The van der Waals surface area contributed by atoms with Crippen LogP contribution in [0.25, 0.3) is 0 Å². The van der Waals surface area contributed by atoms with Crippen LogP contribution in [0.5, 0.6) is 17.2 Å². The van der Waals surface area contributed by atoms with E-state index >= 15 is 0 Å². The van der Waals surface area contributed by atoms with Crippen LogP contribution in [0.15, 0.2) is 36.4 Å². The molecule has 2 aromatic rings. The fourth-order valence-corrected chi connectivity index (χ4v) is 3.89. The lowest BCUT2D eigenvalue weighted by Gasteiger charge is -2.25. The second-order valence-corrected chi connectivity index (χ2v) is 7.17. The lowest BCUT2D eigenvalue weighted by molar-refractivity contribution is -0.119. The van der Waals surface area contributed by atoms with Crippen molar-refractivity contribution in [2.75, 3.05) is 27.4 Å². The highest BCUT2D eigenvalue weighted by Crippen LogP contribution is 2.39. The van der Waals surface area contributed by atoms with E-state index < -0.39 is 5.91 Å². The number of nitrogens with zero attached hydrogens (tertiary/aromatic N) is 1. The summed E-state index contributed by atoms with van der Waals surface area (Å²) >= 11 is 6.38. The molecule has 0 bridgehead atoms. The maximum atomic E-state index is 11.0. The molecule has 2 aromatic carbocycles. The highest BCUT2D eigenvalue weighted by molar-refractivity contribution is 6.32. The third-order valence-electron chi connectivity index (χ3n) is 4.90. The van der Waals surface area contributed by atoms with Gasteiger partial charge in [-0.1, -0.05) is 23.7 Å². The minimum absolute atomic E-state index is 0.249. The zero-order valence-corrected chi connectivity index (χ0v) is 16.9. The van der Waals surface area contributed by atoms with Crippen molar-refractivity contribution in [1.82, 2.24) is 4.90 Å². The van der Waals surface area contributed by atoms with Gasteiger partial charge in [0.25, 0.3) is 5.91 Å². The Morgan fingerprint density at radius 2 is 1.96 bits per heavy atom. The Labute approximate surface area is 170 Å². The van der Waals surface area contributed by atoms with Gasteiger partial charge >= 0.3 is 0 Å². The smallest absolute Gasteiger partial charge is 0.255 e. The standard InChI is InChI=1S/C21H25ClN2O4/c1-26-16-7-5-15(6-8-16)18-4-3-9-24(18)12-14-10-17(22)21(19(11-14)27-2)28-13-20(23)25/h5-8,10-11,18H,3-4,9,12-13H2,1-2H3,(H2,23,25). The van der Waals surface area contributed by atoms with Gasteiger partial charge in [-0.05, 0) is 54.8 Å². The molecule has 28 heavy (non-hydrogen) atoms. The third-order valence-corrected chi connectivity index (χ3v) is 5.18. The first-order valence-corrected chi connectivity index (χ1v) is 9.55. The minimum atomic E-state index is -0.568. The van der Waals surface area contributed by atoms with Crippen LogP contribution in [0.1, 0.15) is 30.0 Å². The van der Waals surface area contributed by atoms with Crippen LogP contribution in [-0.2, 0) is 11.3 Å². The van der Waals surface area contributed by atoms with Gasteiger partial charge in [0, 0.05) is 12.6 Å². The number of amides is 1. The van der Waals surface area contributed by atoms with Crippen molar-refractivity contribution in [3.05, 3.63) is 52.5 Å². The molecule has 2 N–H and O–H groups in total. The molecule has 1 unspecified atom stereocenters. The molecule has 1 fully saturated rings. The number of benzene rings is 2. The number of rotatable bonds is 8. The number of ether oxygens (including phenoxy) is 3. The van der Waals surface area contributed by atoms with Crippen LogP contribution in [0.4, 0.5) is 0 Å². The summed E-state index contributed by atoms with van der Waals surface area (Å²) in [6, 6.07) is 12.3. The van der Waals surface area contributed by atoms with Crippen LogP contribution in [-0.4, -0.2) is 38.2 Å². The first-order valence-electron chi connectivity index (χ1n) is 9.17. The monoisotopic (exact) mass is 404 g/mol. The number of hydrogen-bond acceptors (Lipinski definition) is 5. The summed E-state index contributed by atoms with van der Waals surface area (Å²) in [7, 11) is 3.22. The zero-order chi connectivity index (χ0) is 20.1. The number of methoxy groups -OCH3 is 2. The molecule has 3 rings (SSSR count). The highest BCUT2D eigenvalue weighted by atomic mass is 35.5. The summed E-state index contributed by atoms with van der Waals surface area (Å²) < 4.78 is 16.1. The van der Waals surface area contributed by atoms with E-state index in [1.54, 1.807) is 14.2 Å². The second-order valence-electron chi connectivity index (χ2n) is 6.77. The van der Waals surface area contributed by atoms with Crippen LogP contribution in [0.2, 0.25) is 5.02 Å². The lowest BCUT2D eigenvalue weighted by Crippen LogP contribution is -2.23. The number of primary amides is 1. The number of halogens is 1. The van der Waals surface area contributed by atoms with Gasteiger partial charge in [0.15, 0.2) is 18.1 Å². The zero-order valence-electron chi connectivity index (χ0n) is 16.1. The van der Waals surface area contributed by atoms with Crippen molar-refractivity contribution in [2.45, 2.75) is 25.4 Å². The van der Waals surface area contributed by atoms with Gasteiger partial charge in [-0.25, -0.2) is 0 Å². The highest BCUT2D eigenvalue weighted by Gasteiger charge is 2.26. The van der Waals surface area contributed by atoms with E-state index in [2.05, 4.69) is 17.0 Å². The van der Waals surface area contributed by atoms with E-state index in [1.165, 1.54) is 5.56 Å². The number of likely N-dealkylation sites (tertiary alicyclic amines) is 1. The fourth-order valence-electron chi connectivity index (χ4n) is 3.60. The molecule has 1 aliphatic rings. The van der Waals surface area contributed by atoms with Crippen LogP contribution >= 0.6 is 11.6 Å². The Morgan fingerprint density at radius 1 is 1.21 bits per heavy atom. The van der Waals surface area contributed by atoms with Crippen molar-refractivity contribution in [2.24, 2.45) is 5.73 Å². The molecule has 1 amide bonds. The van der Waals surface area contributed by atoms with Gasteiger partial charge in [0.1, 0.15) is 5.75 Å². The minimum Gasteiger partial charge on any atom is -0.497 e. The predicted octanol–water partition coefficient (Wildman–Crippen LogP) is 3.56. The normalized spacial score (nSPS) is 16.8. The van der Waals surface area contributed by atoms with Crippen molar-refractivity contribution in [3.63, 3.8) is 0 Å². The Hall–Kier alpha value is -2.44. The average molecular weight is 405 g/mol. The average Bonchev–Trinajstić information content (AvgIpc) is 3.14. The summed E-state index contributed by atoms with van der Waals surface area (Å²) in [5, 5.41) is 0.399. The molecule has 0 aromatic heterocycles. The van der Waals surface area contributed by atoms with Crippen LogP contribution in [0.3, 0.4) is 0 Å². The predicted molar refractivity (Wildman–Crippen MR) is 108 cm³/mol. The van der Waals surface area contributed by atoms with E-state index in [-0.39, 0.29) is 6.61 Å². The van der Waals surface area contributed by atoms with E-state index in [4.69, 9.17) is 31.5 Å². The van der Waals surface area contributed by atoms with Crippen LogP contribution < -0.4 is 19.9 Å². The molecular formula is C21H25ClN2O4. The summed E-state index contributed by atoms with van der Waals surface area (Å²) in [4.78, 5) is 13.4. The fraction of sp³-hybridized carbons (Fsp3) is 0.381. The van der Waals surface area contributed by atoms with Gasteiger partial charge < -0.3 is 19.9 Å². The first kappa shape index (κ1) is 20.3. The lowest BCUT2D eigenvalue weighted by atomic mass is 10.0.